The summed E-state index contributed by atoms with van der Waals surface area (Å²) in [6.07, 6.45) is -0.973. The van der Waals surface area contributed by atoms with Gasteiger partial charge in [-0.1, -0.05) is 0 Å². The third-order valence-electron chi connectivity index (χ3n) is 3.55. The first-order chi connectivity index (χ1) is 10.4. The maximum absolute atomic E-state index is 13.0. The first-order valence-corrected chi connectivity index (χ1v) is 7.01. The number of aryl methyl sites for hydroxylation is 1. The Bertz CT molecular complexity index is 529. The van der Waals surface area contributed by atoms with Crippen LogP contribution in [0.3, 0.4) is 0 Å². The van der Waals surface area contributed by atoms with E-state index < -0.39 is 23.4 Å². The lowest BCUT2D eigenvalue weighted by Gasteiger charge is -2.12. The minimum Gasteiger partial charge on any atom is -0.465 e. The van der Waals surface area contributed by atoms with Crippen molar-refractivity contribution in [3.8, 4) is 0 Å². The third kappa shape index (κ3) is 4.16. The van der Waals surface area contributed by atoms with Crippen LogP contribution in [0.5, 0.6) is 0 Å². The molecule has 22 heavy (non-hydrogen) atoms. The number of hydrogen-bond acceptors (Lipinski definition) is 5. The number of esters is 1. The lowest BCUT2D eigenvalue weighted by molar-refractivity contribution is -0.141. The molecule has 1 atom stereocenters. The topological polar surface area (TPSA) is 61.3 Å². The lowest BCUT2D eigenvalue weighted by atomic mass is 10.0. The Kier molecular flexibility index (Phi) is 5.33. The number of aromatic nitrogens is 2. The van der Waals surface area contributed by atoms with Gasteiger partial charge in [0.25, 0.3) is 0 Å². The normalized spacial score (nSPS) is 18.5. The van der Waals surface area contributed by atoms with Crippen LogP contribution in [0.25, 0.3) is 0 Å². The molecular formula is C14H17F3N2O3. The minimum absolute atomic E-state index is 0.0823. The van der Waals surface area contributed by atoms with Crippen LogP contribution in [0.2, 0.25) is 0 Å². The van der Waals surface area contributed by atoms with Crippen molar-refractivity contribution in [1.29, 1.82) is 0 Å². The van der Waals surface area contributed by atoms with Crippen LogP contribution < -0.4 is 0 Å². The Hall–Kier alpha value is -1.70. The summed E-state index contributed by atoms with van der Waals surface area (Å²) < 4.78 is 48.5. The molecule has 0 radical (unpaired) electrons. The standard InChI is InChI=1S/C14H17F3N2O3/c1-21-13(20)10-7-18-11(19-12(10)14(15,16)17)4-2-3-9-5-6-22-8-9/h7,9H,2-6,8H2,1H3. The monoisotopic (exact) mass is 318 g/mol. The van der Waals surface area contributed by atoms with Crippen molar-refractivity contribution >= 4 is 5.97 Å². The molecule has 1 aromatic rings. The second kappa shape index (κ2) is 7.04. The molecule has 0 saturated carbocycles. The molecule has 0 bridgehead atoms. The Labute approximate surface area is 125 Å². The molecule has 0 aliphatic carbocycles. The molecule has 0 spiro atoms. The Morgan fingerprint density at radius 2 is 2.27 bits per heavy atom. The van der Waals surface area contributed by atoms with Crippen molar-refractivity contribution < 1.29 is 27.4 Å². The van der Waals surface area contributed by atoms with E-state index in [-0.39, 0.29) is 5.82 Å². The van der Waals surface area contributed by atoms with Gasteiger partial charge in [0.1, 0.15) is 11.4 Å². The number of alkyl halides is 3. The second-order valence-electron chi connectivity index (χ2n) is 5.16. The van der Waals surface area contributed by atoms with E-state index in [1.807, 2.05) is 0 Å². The molecule has 5 nitrogen and oxygen atoms in total. The van der Waals surface area contributed by atoms with Crippen molar-refractivity contribution in [3.63, 3.8) is 0 Å². The molecule has 122 valence electrons. The number of ether oxygens (including phenoxy) is 2. The summed E-state index contributed by atoms with van der Waals surface area (Å²) in [5.74, 6) is -0.558. The molecule has 1 aliphatic heterocycles. The van der Waals surface area contributed by atoms with Crippen LogP contribution in [0.4, 0.5) is 13.2 Å². The highest BCUT2D eigenvalue weighted by molar-refractivity contribution is 5.90. The highest BCUT2D eigenvalue weighted by Gasteiger charge is 2.38. The maximum Gasteiger partial charge on any atom is 0.434 e. The number of halogens is 3. The number of carbonyl (C=O) groups is 1. The van der Waals surface area contributed by atoms with Gasteiger partial charge in [0.2, 0.25) is 0 Å². The van der Waals surface area contributed by atoms with Gasteiger partial charge in [-0.3, -0.25) is 0 Å². The predicted molar refractivity (Wildman–Crippen MR) is 70.2 cm³/mol. The van der Waals surface area contributed by atoms with Crippen LogP contribution in [0, 0.1) is 5.92 Å². The Morgan fingerprint density at radius 3 is 2.86 bits per heavy atom. The predicted octanol–water partition coefficient (Wildman–Crippen LogP) is 2.64. The quantitative estimate of drug-likeness (QED) is 0.781. The number of hydrogen-bond donors (Lipinski definition) is 0. The summed E-state index contributed by atoms with van der Waals surface area (Å²) in [5, 5.41) is 0. The second-order valence-corrected chi connectivity index (χ2v) is 5.16. The molecule has 1 unspecified atom stereocenters. The molecule has 2 heterocycles. The number of rotatable bonds is 5. The van der Waals surface area contributed by atoms with Crippen molar-refractivity contribution in [2.75, 3.05) is 20.3 Å². The first kappa shape index (κ1) is 16.7. The molecule has 0 aromatic carbocycles. The van der Waals surface area contributed by atoms with E-state index in [1.165, 1.54) is 0 Å². The van der Waals surface area contributed by atoms with Crippen LogP contribution in [0.1, 0.15) is 41.1 Å². The van der Waals surface area contributed by atoms with Crippen molar-refractivity contribution in [3.05, 3.63) is 23.3 Å². The largest absolute Gasteiger partial charge is 0.465 e. The Morgan fingerprint density at radius 1 is 1.50 bits per heavy atom. The smallest absolute Gasteiger partial charge is 0.434 e. The van der Waals surface area contributed by atoms with E-state index in [2.05, 4.69) is 14.7 Å². The van der Waals surface area contributed by atoms with Crippen LogP contribution in [0.15, 0.2) is 6.20 Å². The molecule has 8 heteroatoms. The van der Waals surface area contributed by atoms with E-state index >= 15 is 0 Å². The number of methoxy groups -OCH3 is 1. The van der Waals surface area contributed by atoms with Gasteiger partial charge in [0.15, 0.2) is 5.69 Å². The van der Waals surface area contributed by atoms with Gasteiger partial charge in [-0.25, -0.2) is 14.8 Å². The van der Waals surface area contributed by atoms with Gasteiger partial charge in [-0.2, -0.15) is 13.2 Å². The van der Waals surface area contributed by atoms with Crippen molar-refractivity contribution in [1.82, 2.24) is 9.97 Å². The summed E-state index contributed by atoms with van der Waals surface area (Å²) in [7, 11) is 1.01. The summed E-state index contributed by atoms with van der Waals surface area (Å²) in [6.45, 7) is 1.45. The van der Waals surface area contributed by atoms with Crippen LogP contribution in [-0.2, 0) is 22.1 Å². The fourth-order valence-electron chi connectivity index (χ4n) is 2.37. The molecule has 0 amide bonds. The number of carbonyl (C=O) groups excluding carboxylic acids is 1. The molecule has 0 N–H and O–H groups in total. The van der Waals surface area contributed by atoms with Crippen molar-refractivity contribution in [2.45, 2.75) is 31.9 Å². The average molecular weight is 318 g/mol. The summed E-state index contributed by atoms with van der Waals surface area (Å²) in [6, 6.07) is 0. The fourth-order valence-corrected chi connectivity index (χ4v) is 2.37. The average Bonchev–Trinajstić information content (AvgIpc) is 2.99. The molecule has 1 fully saturated rings. The summed E-state index contributed by atoms with van der Waals surface area (Å²) >= 11 is 0. The summed E-state index contributed by atoms with van der Waals surface area (Å²) in [4.78, 5) is 18.7. The highest BCUT2D eigenvalue weighted by atomic mass is 19.4. The highest BCUT2D eigenvalue weighted by Crippen LogP contribution is 2.30. The van der Waals surface area contributed by atoms with E-state index in [1.54, 1.807) is 0 Å². The van der Waals surface area contributed by atoms with Gasteiger partial charge < -0.3 is 9.47 Å². The zero-order valence-electron chi connectivity index (χ0n) is 12.2. The third-order valence-corrected chi connectivity index (χ3v) is 3.55. The lowest BCUT2D eigenvalue weighted by Crippen LogP contribution is -2.18. The van der Waals surface area contributed by atoms with Gasteiger partial charge in [-0.05, 0) is 25.2 Å². The molecule has 2 rings (SSSR count). The van der Waals surface area contributed by atoms with Crippen LogP contribution >= 0.6 is 0 Å². The molecule has 1 aliphatic rings. The zero-order valence-corrected chi connectivity index (χ0v) is 12.2. The first-order valence-electron chi connectivity index (χ1n) is 7.01. The van der Waals surface area contributed by atoms with E-state index in [9.17, 15) is 18.0 Å². The maximum atomic E-state index is 13.0. The SMILES string of the molecule is COC(=O)c1cnc(CCCC2CCOC2)nc1C(F)(F)F. The van der Waals surface area contributed by atoms with E-state index in [0.29, 0.717) is 25.4 Å². The Balaban J connectivity index is 2.07. The fraction of sp³-hybridized carbons (Fsp3) is 0.643. The van der Waals surface area contributed by atoms with Gasteiger partial charge in [-0.15, -0.1) is 0 Å². The zero-order chi connectivity index (χ0) is 16.2. The van der Waals surface area contributed by atoms with Gasteiger partial charge in [0.05, 0.1) is 7.11 Å². The molecule has 1 saturated heterocycles. The van der Waals surface area contributed by atoms with E-state index in [0.717, 1.165) is 32.8 Å². The van der Waals surface area contributed by atoms with Crippen LogP contribution in [-0.4, -0.2) is 36.3 Å². The van der Waals surface area contributed by atoms with Crippen molar-refractivity contribution in [2.24, 2.45) is 5.92 Å². The van der Waals surface area contributed by atoms with E-state index in [4.69, 9.17) is 4.74 Å². The van der Waals surface area contributed by atoms with Gasteiger partial charge >= 0.3 is 12.1 Å². The number of nitrogens with zero attached hydrogens (tertiary/aromatic N) is 2. The molecule has 1 aromatic heterocycles. The minimum atomic E-state index is -4.72. The molecular weight excluding hydrogens is 301 g/mol. The van der Waals surface area contributed by atoms with Gasteiger partial charge in [0, 0.05) is 25.8 Å². The summed E-state index contributed by atoms with van der Waals surface area (Å²) in [5.41, 5.74) is -1.91.